The van der Waals surface area contributed by atoms with Crippen molar-refractivity contribution in [3.63, 3.8) is 0 Å². The molecule has 1 aromatic rings. The van der Waals surface area contributed by atoms with E-state index in [1.165, 1.54) is 0 Å². The summed E-state index contributed by atoms with van der Waals surface area (Å²) >= 11 is 0. The fraction of sp³-hybridized carbons (Fsp3) is 0.300. The van der Waals surface area contributed by atoms with Gasteiger partial charge in [0.05, 0.1) is 13.6 Å². The van der Waals surface area contributed by atoms with Crippen molar-refractivity contribution in [2.24, 2.45) is 0 Å². The summed E-state index contributed by atoms with van der Waals surface area (Å²) in [5, 5.41) is 8.63. The molecule has 1 N–H and O–H groups in total. The summed E-state index contributed by atoms with van der Waals surface area (Å²) in [5.41, 5.74) is -0.823. The van der Waals surface area contributed by atoms with Crippen LogP contribution in [0.2, 0.25) is 19.6 Å². The summed E-state index contributed by atoms with van der Waals surface area (Å²) in [7, 11) is -2.25. The van der Waals surface area contributed by atoms with Crippen LogP contribution in [-0.2, 0) is 0 Å². The van der Waals surface area contributed by atoms with Crippen molar-refractivity contribution in [3.05, 3.63) is 29.1 Å². The van der Waals surface area contributed by atoms with Crippen molar-refractivity contribution >= 4 is 19.2 Å². The molecule has 0 aromatic heterocycles. The van der Waals surface area contributed by atoms with E-state index in [0.717, 1.165) is 6.07 Å². The van der Waals surface area contributed by atoms with Gasteiger partial charge in [0.15, 0.2) is 17.5 Å². The molecule has 0 bridgehead atoms. The van der Waals surface area contributed by atoms with E-state index >= 15 is 0 Å². The predicted octanol–water partition coefficient (Wildman–Crippen LogP) is 2.35. The van der Waals surface area contributed by atoms with Gasteiger partial charge in [0.25, 0.3) is 0 Å². The maximum absolute atomic E-state index is 13.4. The lowest BCUT2D eigenvalue weighted by Gasteiger charge is -2.18. The minimum absolute atomic E-state index is 0.0243. The second kappa shape index (κ2) is 3.93. The SMILES string of the molecule is C[Si](C)(C)c1cc(C(=O)O)c(F)c(F)c1F. The highest BCUT2D eigenvalue weighted by molar-refractivity contribution is 6.88. The molecule has 6 heteroatoms. The summed E-state index contributed by atoms with van der Waals surface area (Å²) in [6, 6.07) is 0.891. The first kappa shape index (κ1) is 12.8. The van der Waals surface area contributed by atoms with E-state index < -0.39 is 37.1 Å². The van der Waals surface area contributed by atoms with E-state index in [4.69, 9.17) is 5.11 Å². The molecule has 1 rings (SSSR count). The predicted molar refractivity (Wildman–Crippen MR) is 56.3 cm³/mol. The molecule has 0 aliphatic rings. The average molecular weight is 248 g/mol. The molecule has 0 spiro atoms. The third kappa shape index (κ3) is 2.11. The van der Waals surface area contributed by atoms with Crippen LogP contribution in [0.5, 0.6) is 0 Å². The highest BCUT2D eigenvalue weighted by atomic mass is 28.3. The average Bonchev–Trinajstić information content (AvgIpc) is 2.11. The fourth-order valence-corrected chi connectivity index (χ4v) is 2.65. The van der Waals surface area contributed by atoms with Gasteiger partial charge >= 0.3 is 5.97 Å². The van der Waals surface area contributed by atoms with Crippen LogP contribution < -0.4 is 5.19 Å². The van der Waals surface area contributed by atoms with Crippen LogP contribution in [0.15, 0.2) is 6.07 Å². The number of hydrogen-bond acceptors (Lipinski definition) is 1. The number of benzene rings is 1. The Morgan fingerprint density at radius 3 is 2.00 bits per heavy atom. The zero-order chi connectivity index (χ0) is 12.7. The Hall–Kier alpha value is -1.30. The third-order valence-corrected chi connectivity index (χ3v) is 4.17. The van der Waals surface area contributed by atoms with Gasteiger partial charge in [-0.1, -0.05) is 19.6 Å². The number of carbonyl (C=O) groups is 1. The largest absolute Gasteiger partial charge is 0.478 e. The summed E-state index contributed by atoms with van der Waals surface area (Å²) in [6.07, 6.45) is 0. The Labute approximate surface area is 91.7 Å². The molecule has 0 aliphatic heterocycles. The first-order chi connectivity index (χ1) is 7.16. The van der Waals surface area contributed by atoms with E-state index in [0.29, 0.717) is 0 Å². The lowest BCUT2D eigenvalue weighted by Crippen LogP contribution is -2.41. The van der Waals surface area contributed by atoms with Crippen molar-refractivity contribution in [1.29, 1.82) is 0 Å². The molecule has 1 aromatic carbocycles. The number of hydrogen-bond donors (Lipinski definition) is 1. The molecule has 0 heterocycles. The second-order valence-corrected chi connectivity index (χ2v) is 9.51. The molecular formula is C10H11F3O2Si. The van der Waals surface area contributed by atoms with Gasteiger partial charge < -0.3 is 5.11 Å². The molecule has 0 saturated heterocycles. The normalized spacial score (nSPS) is 11.6. The number of halogens is 3. The van der Waals surface area contributed by atoms with E-state index in [9.17, 15) is 18.0 Å². The minimum Gasteiger partial charge on any atom is -0.478 e. The highest BCUT2D eigenvalue weighted by Crippen LogP contribution is 2.17. The fourth-order valence-electron chi connectivity index (χ4n) is 1.31. The van der Waals surface area contributed by atoms with E-state index in [1.807, 2.05) is 0 Å². The number of carboxylic acid groups (broad SMARTS) is 1. The van der Waals surface area contributed by atoms with Crippen LogP contribution in [-0.4, -0.2) is 19.1 Å². The molecule has 0 radical (unpaired) electrons. The van der Waals surface area contributed by atoms with Crippen molar-refractivity contribution < 1.29 is 23.1 Å². The minimum atomic E-state index is -2.25. The maximum atomic E-state index is 13.4. The lowest BCUT2D eigenvalue weighted by atomic mass is 10.2. The van der Waals surface area contributed by atoms with Gasteiger partial charge in [-0.2, -0.15) is 0 Å². The van der Waals surface area contributed by atoms with Gasteiger partial charge in [-0.25, -0.2) is 18.0 Å². The monoisotopic (exact) mass is 248 g/mol. The van der Waals surface area contributed by atoms with Crippen LogP contribution in [0.25, 0.3) is 0 Å². The van der Waals surface area contributed by atoms with Crippen LogP contribution >= 0.6 is 0 Å². The van der Waals surface area contributed by atoms with Gasteiger partial charge in [-0.3, -0.25) is 0 Å². The van der Waals surface area contributed by atoms with Crippen LogP contribution in [0.3, 0.4) is 0 Å². The summed E-state index contributed by atoms with van der Waals surface area (Å²) in [4.78, 5) is 10.7. The Bertz CT molecular complexity index is 452. The third-order valence-electron chi connectivity index (χ3n) is 2.19. The first-order valence-electron chi connectivity index (χ1n) is 4.57. The molecular weight excluding hydrogens is 237 g/mol. The van der Waals surface area contributed by atoms with Gasteiger partial charge in [0, 0.05) is 0 Å². The van der Waals surface area contributed by atoms with E-state index in [1.54, 1.807) is 19.6 Å². The van der Waals surface area contributed by atoms with E-state index in [2.05, 4.69) is 0 Å². The molecule has 0 unspecified atom stereocenters. The highest BCUT2D eigenvalue weighted by Gasteiger charge is 2.28. The molecule has 0 fully saturated rings. The molecule has 2 nitrogen and oxygen atoms in total. The Morgan fingerprint density at radius 1 is 1.12 bits per heavy atom. The zero-order valence-corrected chi connectivity index (χ0v) is 10.1. The standard InChI is InChI=1S/C10H11F3O2Si/c1-16(2,3)6-4-5(10(14)15)7(11)9(13)8(6)12/h4H,1-3H3,(H,14,15). The van der Waals surface area contributed by atoms with Crippen LogP contribution in [0, 0.1) is 17.5 Å². The van der Waals surface area contributed by atoms with Crippen molar-refractivity contribution in [1.82, 2.24) is 0 Å². The van der Waals surface area contributed by atoms with E-state index in [-0.39, 0.29) is 5.19 Å². The molecule has 88 valence electrons. The molecule has 0 aliphatic carbocycles. The molecule has 16 heavy (non-hydrogen) atoms. The Morgan fingerprint density at radius 2 is 1.62 bits per heavy atom. The van der Waals surface area contributed by atoms with Gasteiger partial charge in [-0.05, 0) is 11.3 Å². The smallest absolute Gasteiger partial charge is 0.338 e. The van der Waals surface area contributed by atoms with Crippen LogP contribution in [0.4, 0.5) is 13.2 Å². The number of aromatic carboxylic acids is 1. The Balaban J connectivity index is 3.61. The lowest BCUT2D eigenvalue weighted by molar-refractivity contribution is 0.0690. The summed E-state index contributed by atoms with van der Waals surface area (Å²) in [6.45, 7) is 5.15. The summed E-state index contributed by atoms with van der Waals surface area (Å²) in [5.74, 6) is -6.23. The van der Waals surface area contributed by atoms with Gasteiger partial charge in [0.2, 0.25) is 0 Å². The zero-order valence-electron chi connectivity index (χ0n) is 9.07. The molecule has 0 saturated carbocycles. The molecule has 0 atom stereocenters. The van der Waals surface area contributed by atoms with Crippen molar-refractivity contribution in [2.45, 2.75) is 19.6 Å². The number of rotatable bonds is 2. The van der Waals surface area contributed by atoms with Gasteiger partial charge in [-0.15, -0.1) is 0 Å². The molecule has 0 amide bonds. The van der Waals surface area contributed by atoms with Crippen molar-refractivity contribution in [2.75, 3.05) is 0 Å². The maximum Gasteiger partial charge on any atom is 0.338 e. The van der Waals surface area contributed by atoms with Gasteiger partial charge in [0.1, 0.15) is 0 Å². The number of carboxylic acids is 1. The summed E-state index contributed by atoms with van der Waals surface area (Å²) < 4.78 is 39.7. The Kier molecular flexibility index (Phi) is 3.14. The van der Waals surface area contributed by atoms with Crippen LogP contribution in [0.1, 0.15) is 10.4 Å². The topological polar surface area (TPSA) is 37.3 Å². The van der Waals surface area contributed by atoms with Crippen molar-refractivity contribution in [3.8, 4) is 0 Å². The quantitative estimate of drug-likeness (QED) is 0.644. The first-order valence-corrected chi connectivity index (χ1v) is 8.07. The second-order valence-electron chi connectivity index (χ2n) is 4.47.